The van der Waals surface area contributed by atoms with Crippen molar-refractivity contribution in [1.29, 1.82) is 0 Å². The number of aromatic nitrogens is 1. The zero-order valence-corrected chi connectivity index (χ0v) is 13.2. The predicted molar refractivity (Wildman–Crippen MR) is 87.7 cm³/mol. The number of benzene rings is 1. The molecule has 2 heterocycles. The molecule has 110 valence electrons. The number of rotatable bonds is 5. The van der Waals surface area contributed by atoms with Crippen LogP contribution in [-0.4, -0.2) is 18.8 Å². The Balaban J connectivity index is 1.78. The average Bonchev–Trinajstić information content (AvgIpc) is 3.08. The van der Waals surface area contributed by atoms with Crippen molar-refractivity contribution in [2.45, 2.75) is 6.54 Å². The van der Waals surface area contributed by atoms with Crippen LogP contribution >= 0.6 is 11.3 Å². The first-order valence-electron chi connectivity index (χ1n) is 6.70. The molecule has 0 aliphatic carbocycles. The maximum Gasteiger partial charge on any atom is 0.162 e. The van der Waals surface area contributed by atoms with Gasteiger partial charge in [0.15, 0.2) is 11.5 Å². The van der Waals surface area contributed by atoms with Gasteiger partial charge in [-0.2, -0.15) is 0 Å². The molecular formula is C16H18N2O2S. The van der Waals surface area contributed by atoms with Gasteiger partial charge in [0.05, 0.1) is 31.0 Å². The van der Waals surface area contributed by atoms with Gasteiger partial charge in [-0.15, -0.1) is 11.3 Å². The number of hydrogen-bond acceptors (Lipinski definition) is 4. The zero-order chi connectivity index (χ0) is 14.8. The molecule has 0 amide bonds. The summed E-state index contributed by atoms with van der Waals surface area (Å²) in [6.07, 6.45) is 0. The molecule has 0 fully saturated rings. The van der Waals surface area contributed by atoms with Crippen molar-refractivity contribution in [2.75, 3.05) is 19.5 Å². The van der Waals surface area contributed by atoms with Crippen molar-refractivity contribution in [3.05, 3.63) is 41.4 Å². The van der Waals surface area contributed by atoms with E-state index in [1.807, 2.05) is 18.2 Å². The molecule has 0 spiro atoms. The Labute approximate surface area is 127 Å². The van der Waals surface area contributed by atoms with E-state index >= 15 is 0 Å². The summed E-state index contributed by atoms with van der Waals surface area (Å²) in [6.45, 7) is 0.771. The lowest BCUT2D eigenvalue weighted by molar-refractivity contribution is 0.355. The number of nitrogens with zero attached hydrogens (tertiary/aromatic N) is 1. The van der Waals surface area contributed by atoms with Crippen LogP contribution < -0.4 is 14.8 Å². The Bertz CT molecular complexity index is 761. The van der Waals surface area contributed by atoms with E-state index in [0.29, 0.717) is 0 Å². The summed E-state index contributed by atoms with van der Waals surface area (Å²) in [7, 11) is 5.38. The quantitative estimate of drug-likeness (QED) is 0.777. The number of nitrogens with one attached hydrogen (secondary N) is 1. The first-order valence-corrected chi connectivity index (χ1v) is 7.58. The van der Waals surface area contributed by atoms with Gasteiger partial charge < -0.3 is 19.4 Å². The third kappa shape index (κ3) is 2.56. The summed E-state index contributed by atoms with van der Waals surface area (Å²) in [5, 5.41) is 5.55. The summed E-state index contributed by atoms with van der Waals surface area (Å²) < 4.78 is 14.1. The van der Waals surface area contributed by atoms with Crippen LogP contribution in [0.1, 0.15) is 5.69 Å². The molecule has 0 saturated heterocycles. The Morgan fingerprint density at radius 1 is 1.10 bits per heavy atom. The van der Waals surface area contributed by atoms with Crippen molar-refractivity contribution in [2.24, 2.45) is 7.05 Å². The van der Waals surface area contributed by atoms with Crippen LogP contribution in [0.2, 0.25) is 0 Å². The molecule has 4 nitrogen and oxygen atoms in total. The highest BCUT2D eigenvalue weighted by Crippen LogP contribution is 2.30. The minimum atomic E-state index is 0.732. The molecule has 3 rings (SSSR count). The molecule has 1 aromatic carbocycles. The summed E-state index contributed by atoms with van der Waals surface area (Å²) in [5.41, 5.74) is 3.55. The smallest absolute Gasteiger partial charge is 0.162 e. The first-order chi connectivity index (χ1) is 10.2. The normalized spacial score (nSPS) is 10.8. The molecular weight excluding hydrogens is 284 g/mol. The van der Waals surface area contributed by atoms with E-state index in [-0.39, 0.29) is 0 Å². The maximum atomic E-state index is 5.32. The fourth-order valence-corrected chi connectivity index (χ4v) is 3.28. The largest absolute Gasteiger partial charge is 0.493 e. The average molecular weight is 302 g/mol. The lowest BCUT2D eigenvalue weighted by atomic mass is 10.2. The Morgan fingerprint density at radius 2 is 1.90 bits per heavy atom. The minimum absolute atomic E-state index is 0.732. The first kappa shape index (κ1) is 13.8. The molecule has 0 radical (unpaired) electrons. The fraction of sp³-hybridized carbons (Fsp3) is 0.250. The second kappa shape index (κ2) is 5.69. The highest BCUT2D eigenvalue weighted by molar-refractivity contribution is 7.17. The van der Waals surface area contributed by atoms with Crippen LogP contribution in [0.25, 0.3) is 10.2 Å². The van der Waals surface area contributed by atoms with Crippen molar-refractivity contribution in [1.82, 2.24) is 4.57 Å². The van der Waals surface area contributed by atoms with Crippen LogP contribution in [0.5, 0.6) is 11.5 Å². The van der Waals surface area contributed by atoms with Crippen LogP contribution in [-0.2, 0) is 13.6 Å². The highest BCUT2D eigenvalue weighted by Gasteiger charge is 2.08. The van der Waals surface area contributed by atoms with Crippen LogP contribution in [0.15, 0.2) is 35.7 Å². The molecule has 0 saturated carbocycles. The van der Waals surface area contributed by atoms with E-state index < -0.39 is 0 Å². The number of thiophene rings is 1. The van der Waals surface area contributed by atoms with E-state index in [4.69, 9.17) is 9.47 Å². The van der Waals surface area contributed by atoms with Crippen molar-refractivity contribution >= 4 is 27.2 Å². The third-order valence-corrected chi connectivity index (χ3v) is 4.47. The van der Waals surface area contributed by atoms with Crippen LogP contribution in [0, 0.1) is 0 Å². The summed E-state index contributed by atoms with van der Waals surface area (Å²) in [6, 6.07) is 10.2. The van der Waals surface area contributed by atoms with Crippen LogP contribution in [0.4, 0.5) is 5.69 Å². The van der Waals surface area contributed by atoms with E-state index in [0.717, 1.165) is 23.7 Å². The molecule has 1 N–H and O–H groups in total. The molecule has 5 heteroatoms. The number of hydrogen-bond donors (Lipinski definition) is 1. The summed E-state index contributed by atoms with van der Waals surface area (Å²) >= 11 is 1.77. The van der Waals surface area contributed by atoms with Crippen molar-refractivity contribution in [3.63, 3.8) is 0 Å². The lowest BCUT2D eigenvalue weighted by Crippen LogP contribution is -2.04. The van der Waals surface area contributed by atoms with E-state index in [9.17, 15) is 0 Å². The Kier molecular flexibility index (Phi) is 3.75. The topological polar surface area (TPSA) is 35.4 Å². The molecule has 2 aromatic heterocycles. The van der Waals surface area contributed by atoms with Gasteiger partial charge in [-0.05, 0) is 29.6 Å². The van der Waals surface area contributed by atoms with Gasteiger partial charge in [0, 0.05) is 24.5 Å². The van der Waals surface area contributed by atoms with Crippen molar-refractivity contribution < 1.29 is 9.47 Å². The number of aryl methyl sites for hydroxylation is 1. The number of methoxy groups -OCH3 is 2. The minimum Gasteiger partial charge on any atom is -0.493 e. The van der Waals surface area contributed by atoms with Gasteiger partial charge in [0.25, 0.3) is 0 Å². The highest BCUT2D eigenvalue weighted by atomic mass is 32.1. The lowest BCUT2D eigenvalue weighted by Gasteiger charge is -2.11. The summed E-state index contributed by atoms with van der Waals surface area (Å²) in [5.74, 6) is 1.47. The number of ether oxygens (including phenoxy) is 2. The van der Waals surface area contributed by atoms with E-state index in [1.54, 1.807) is 25.6 Å². The molecule has 0 aliphatic heterocycles. The Hall–Kier alpha value is -2.14. The maximum absolute atomic E-state index is 5.32. The second-order valence-electron chi connectivity index (χ2n) is 4.79. The number of anilines is 1. The summed E-state index contributed by atoms with van der Waals surface area (Å²) in [4.78, 5) is 0. The Morgan fingerprint density at radius 3 is 2.62 bits per heavy atom. The van der Waals surface area contributed by atoms with Crippen molar-refractivity contribution in [3.8, 4) is 11.5 Å². The van der Waals surface area contributed by atoms with Crippen LogP contribution in [0.3, 0.4) is 0 Å². The van der Waals surface area contributed by atoms with E-state index in [1.165, 1.54) is 15.9 Å². The zero-order valence-electron chi connectivity index (χ0n) is 12.3. The standard InChI is InChI=1S/C16H18N2O2S/c1-18-12(9-16-13(18)6-7-21-16)10-17-11-4-5-14(19-2)15(8-11)20-3/h4-9,17H,10H2,1-3H3. The van der Waals surface area contributed by atoms with Gasteiger partial charge in [-0.25, -0.2) is 0 Å². The van der Waals surface area contributed by atoms with E-state index in [2.05, 4.69) is 34.4 Å². The molecule has 21 heavy (non-hydrogen) atoms. The molecule has 3 aromatic rings. The predicted octanol–water partition coefficient (Wildman–Crippen LogP) is 3.87. The third-order valence-electron chi connectivity index (χ3n) is 3.62. The number of fused-ring (bicyclic) bond motifs is 1. The van der Waals surface area contributed by atoms with Gasteiger partial charge in [0.1, 0.15) is 0 Å². The SMILES string of the molecule is COc1ccc(NCc2cc3sccc3n2C)cc1OC. The molecule has 0 unspecified atom stereocenters. The molecule has 0 atom stereocenters. The van der Waals surface area contributed by atoms with Gasteiger partial charge in [-0.3, -0.25) is 0 Å². The fourth-order valence-electron chi connectivity index (χ4n) is 2.41. The molecule has 0 bridgehead atoms. The monoisotopic (exact) mass is 302 g/mol. The van der Waals surface area contributed by atoms with Gasteiger partial charge in [-0.1, -0.05) is 0 Å². The molecule has 0 aliphatic rings. The van der Waals surface area contributed by atoms with Gasteiger partial charge >= 0.3 is 0 Å². The second-order valence-corrected chi connectivity index (χ2v) is 5.74. The van der Waals surface area contributed by atoms with Gasteiger partial charge in [0.2, 0.25) is 0 Å².